The van der Waals surface area contributed by atoms with E-state index >= 15 is 0 Å². The molecule has 0 bridgehead atoms. The molecule has 4 rings (SSSR count). The number of aryl methyl sites for hydroxylation is 1. The molecule has 1 heterocycles. The maximum atomic E-state index is 12.6. The van der Waals surface area contributed by atoms with Crippen LogP contribution >= 0.6 is 11.6 Å². The third kappa shape index (κ3) is 6.03. The highest BCUT2D eigenvalue weighted by Crippen LogP contribution is 2.38. The van der Waals surface area contributed by atoms with Crippen molar-refractivity contribution in [3.8, 4) is 11.1 Å². The second kappa shape index (κ2) is 11.0. The van der Waals surface area contributed by atoms with E-state index in [-0.39, 0.29) is 12.3 Å². The van der Waals surface area contributed by atoms with Crippen molar-refractivity contribution in [2.75, 3.05) is 5.32 Å². The van der Waals surface area contributed by atoms with Crippen LogP contribution in [0.5, 0.6) is 0 Å². The standard InChI is InChI=1S/C27H30ClN3O4/c1-17(22-5-3-4-6-24(22)28)35-27(34)30-26-23(16-29-31(26)2)21-13-11-20(12-14-21)19-9-7-18(8-10-19)15-25(32)33/h3-6,11-14,16-19H,7-10,15H2,1-2H3,(H,30,34)(H,32,33). The smallest absolute Gasteiger partial charge is 0.413 e. The monoisotopic (exact) mass is 495 g/mol. The average molecular weight is 496 g/mol. The van der Waals surface area contributed by atoms with Gasteiger partial charge in [0.2, 0.25) is 0 Å². The molecular formula is C27H30ClN3O4. The van der Waals surface area contributed by atoms with Gasteiger partial charge in [-0.05, 0) is 61.6 Å². The molecule has 2 aromatic carbocycles. The third-order valence-electron chi connectivity index (χ3n) is 6.79. The summed E-state index contributed by atoms with van der Waals surface area (Å²) < 4.78 is 7.16. The first-order valence-electron chi connectivity index (χ1n) is 11.9. The molecule has 0 spiro atoms. The number of carboxylic acid groups (broad SMARTS) is 1. The van der Waals surface area contributed by atoms with Crippen LogP contribution in [0.15, 0.2) is 54.7 Å². The van der Waals surface area contributed by atoms with Gasteiger partial charge < -0.3 is 9.84 Å². The van der Waals surface area contributed by atoms with E-state index in [1.165, 1.54) is 5.56 Å². The molecule has 2 N–H and O–H groups in total. The van der Waals surface area contributed by atoms with Gasteiger partial charge in [-0.1, -0.05) is 54.1 Å². The Bertz CT molecular complexity index is 1180. The van der Waals surface area contributed by atoms with Crippen molar-refractivity contribution in [1.29, 1.82) is 0 Å². The van der Waals surface area contributed by atoms with Crippen LogP contribution in [-0.4, -0.2) is 26.9 Å². The van der Waals surface area contributed by atoms with Crippen LogP contribution in [0.2, 0.25) is 5.02 Å². The Morgan fingerprint density at radius 2 is 1.83 bits per heavy atom. The average Bonchev–Trinajstić information content (AvgIpc) is 3.19. The van der Waals surface area contributed by atoms with Crippen LogP contribution in [0.1, 0.15) is 62.2 Å². The Morgan fingerprint density at radius 1 is 1.14 bits per heavy atom. The van der Waals surface area contributed by atoms with E-state index in [2.05, 4.69) is 22.5 Å². The molecular weight excluding hydrogens is 466 g/mol. The second-order valence-electron chi connectivity index (χ2n) is 9.16. The minimum absolute atomic E-state index is 0.266. The van der Waals surface area contributed by atoms with Gasteiger partial charge >= 0.3 is 12.1 Å². The fourth-order valence-electron chi connectivity index (χ4n) is 4.83. The van der Waals surface area contributed by atoms with Gasteiger partial charge in [0.15, 0.2) is 0 Å². The molecule has 1 atom stereocenters. The number of hydrogen-bond donors (Lipinski definition) is 2. The van der Waals surface area contributed by atoms with Gasteiger partial charge in [-0.3, -0.25) is 14.8 Å². The molecule has 0 radical (unpaired) electrons. The number of anilines is 1. The molecule has 1 amide bonds. The lowest BCUT2D eigenvalue weighted by Crippen LogP contribution is -2.18. The molecule has 1 fully saturated rings. The summed E-state index contributed by atoms with van der Waals surface area (Å²) in [5.41, 5.74) is 3.73. The van der Waals surface area contributed by atoms with Gasteiger partial charge in [0, 0.05) is 29.6 Å². The van der Waals surface area contributed by atoms with Gasteiger partial charge in [0.25, 0.3) is 0 Å². The summed E-state index contributed by atoms with van der Waals surface area (Å²) in [5, 5.41) is 16.7. The Hall–Kier alpha value is -3.32. The molecule has 8 heteroatoms. The fraction of sp³-hybridized carbons (Fsp3) is 0.370. The van der Waals surface area contributed by atoms with Crippen molar-refractivity contribution in [2.24, 2.45) is 13.0 Å². The van der Waals surface area contributed by atoms with E-state index in [4.69, 9.17) is 21.4 Å². The van der Waals surface area contributed by atoms with Crippen LogP contribution in [-0.2, 0) is 16.6 Å². The van der Waals surface area contributed by atoms with Crippen LogP contribution in [0, 0.1) is 5.92 Å². The Morgan fingerprint density at radius 3 is 2.49 bits per heavy atom. The number of nitrogens with zero attached hydrogens (tertiary/aromatic N) is 2. The first-order valence-corrected chi connectivity index (χ1v) is 12.3. The number of aromatic nitrogens is 2. The summed E-state index contributed by atoms with van der Waals surface area (Å²) in [5.74, 6) is 0.568. The third-order valence-corrected chi connectivity index (χ3v) is 7.13. The summed E-state index contributed by atoms with van der Waals surface area (Å²) >= 11 is 6.22. The summed E-state index contributed by atoms with van der Waals surface area (Å²) in [4.78, 5) is 23.6. The number of amides is 1. The van der Waals surface area contributed by atoms with Crippen molar-refractivity contribution in [3.63, 3.8) is 0 Å². The summed E-state index contributed by atoms with van der Waals surface area (Å²) in [7, 11) is 1.76. The van der Waals surface area contributed by atoms with Gasteiger partial charge in [0.05, 0.1) is 6.20 Å². The van der Waals surface area contributed by atoms with Gasteiger partial charge in [0.1, 0.15) is 11.9 Å². The quantitative estimate of drug-likeness (QED) is 0.376. The normalized spacial score (nSPS) is 18.6. The number of carboxylic acids is 1. The van der Waals surface area contributed by atoms with E-state index in [9.17, 15) is 9.59 Å². The molecule has 1 saturated carbocycles. The Balaban J connectivity index is 1.41. The molecule has 0 aliphatic heterocycles. The van der Waals surface area contributed by atoms with Crippen LogP contribution < -0.4 is 5.32 Å². The number of benzene rings is 2. The molecule has 1 aromatic heterocycles. The van der Waals surface area contributed by atoms with Crippen molar-refractivity contribution in [3.05, 3.63) is 70.9 Å². The fourth-order valence-corrected chi connectivity index (χ4v) is 5.12. The maximum absolute atomic E-state index is 12.6. The molecule has 0 saturated heterocycles. The molecule has 3 aromatic rings. The molecule has 1 unspecified atom stereocenters. The first kappa shape index (κ1) is 24.8. The number of ether oxygens (including phenoxy) is 1. The maximum Gasteiger partial charge on any atom is 0.413 e. The second-order valence-corrected chi connectivity index (χ2v) is 9.57. The van der Waals surface area contributed by atoms with Crippen LogP contribution in [0.3, 0.4) is 0 Å². The number of hydrogen-bond acceptors (Lipinski definition) is 4. The summed E-state index contributed by atoms with van der Waals surface area (Å²) in [6.45, 7) is 1.78. The summed E-state index contributed by atoms with van der Waals surface area (Å²) in [6.07, 6.45) is 4.80. The topological polar surface area (TPSA) is 93.4 Å². The van der Waals surface area contributed by atoms with E-state index < -0.39 is 18.2 Å². The van der Waals surface area contributed by atoms with Crippen molar-refractivity contribution >= 4 is 29.5 Å². The first-order chi connectivity index (χ1) is 16.8. The zero-order valence-corrected chi connectivity index (χ0v) is 20.7. The van der Waals surface area contributed by atoms with Crippen molar-refractivity contribution in [2.45, 2.75) is 51.0 Å². The van der Waals surface area contributed by atoms with Crippen LogP contribution in [0.4, 0.5) is 10.6 Å². The van der Waals surface area contributed by atoms with Gasteiger partial charge in [-0.2, -0.15) is 5.10 Å². The highest BCUT2D eigenvalue weighted by atomic mass is 35.5. The van der Waals surface area contributed by atoms with E-state index in [0.717, 1.165) is 42.4 Å². The molecule has 7 nitrogen and oxygen atoms in total. The minimum atomic E-state index is -0.708. The molecule has 1 aliphatic rings. The number of carbonyl (C=O) groups excluding carboxylic acids is 1. The van der Waals surface area contributed by atoms with Crippen molar-refractivity contribution in [1.82, 2.24) is 9.78 Å². The SMILES string of the molecule is CC(OC(=O)Nc1c(-c2ccc(C3CCC(CC(=O)O)CC3)cc2)cnn1C)c1ccccc1Cl. The van der Waals surface area contributed by atoms with E-state index in [0.29, 0.717) is 16.8 Å². The van der Waals surface area contributed by atoms with E-state index in [1.54, 1.807) is 30.9 Å². The highest BCUT2D eigenvalue weighted by Gasteiger charge is 2.24. The molecule has 35 heavy (non-hydrogen) atoms. The lowest BCUT2D eigenvalue weighted by molar-refractivity contribution is -0.138. The number of carbonyl (C=O) groups is 2. The zero-order chi connectivity index (χ0) is 24.9. The highest BCUT2D eigenvalue weighted by molar-refractivity contribution is 6.31. The number of nitrogens with one attached hydrogen (secondary N) is 1. The largest absolute Gasteiger partial charge is 0.481 e. The van der Waals surface area contributed by atoms with Gasteiger partial charge in [-0.25, -0.2) is 4.79 Å². The predicted molar refractivity (Wildman–Crippen MR) is 136 cm³/mol. The van der Waals surface area contributed by atoms with E-state index in [1.807, 2.05) is 30.3 Å². The minimum Gasteiger partial charge on any atom is -0.481 e. The Labute approximate surface area is 210 Å². The number of aliphatic carboxylic acids is 1. The van der Waals surface area contributed by atoms with Gasteiger partial charge in [-0.15, -0.1) is 0 Å². The molecule has 184 valence electrons. The number of halogens is 1. The Kier molecular flexibility index (Phi) is 7.76. The summed E-state index contributed by atoms with van der Waals surface area (Å²) in [6, 6.07) is 15.6. The predicted octanol–water partition coefficient (Wildman–Crippen LogP) is 6.80. The lowest BCUT2D eigenvalue weighted by Gasteiger charge is -2.28. The number of rotatable bonds is 7. The zero-order valence-electron chi connectivity index (χ0n) is 19.9. The molecule has 1 aliphatic carbocycles. The van der Waals surface area contributed by atoms with Crippen LogP contribution in [0.25, 0.3) is 11.1 Å². The van der Waals surface area contributed by atoms with Crippen molar-refractivity contribution < 1.29 is 19.4 Å². The lowest BCUT2D eigenvalue weighted by atomic mass is 9.77.